The Bertz CT molecular complexity index is 430. The first-order chi connectivity index (χ1) is 8.52. The number of hydrogen-bond donors (Lipinski definition) is 0. The highest BCUT2D eigenvalue weighted by Crippen LogP contribution is 2.54. The summed E-state index contributed by atoms with van der Waals surface area (Å²) in [6.45, 7) is 4.05. The zero-order valence-electron chi connectivity index (χ0n) is 11.2. The fourth-order valence-electron chi connectivity index (χ4n) is 3.28. The number of esters is 2. The minimum absolute atomic E-state index is 0.0431. The van der Waals surface area contributed by atoms with Gasteiger partial charge in [-0.2, -0.15) is 0 Å². The fraction of sp³-hybridized carbons (Fsp3) is 0.571. The monoisotopic (exact) mass is 250 g/mol. The summed E-state index contributed by atoms with van der Waals surface area (Å²) < 4.78 is 9.63. The van der Waals surface area contributed by atoms with Crippen LogP contribution in [0, 0.1) is 11.8 Å². The van der Waals surface area contributed by atoms with Crippen LogP contribution in [0.25, 0.3) is 0 Å². The van der Waals surface area contributed by atoms with Gasteiger partial charge in [0.2, 0.25) is 0 Å². The van der Waals surface area contributed by atoms with Crippen molar-refractivity contribution in [3.63, 3.8) is 0 Å². The summed E-state index contributed by atoms with van der Waals surface area (Å²) in [5.41, 5.74) is 3.41. The quantitative estimate of drug-likeness (QED) is 0.555. The standard InChI is InChI=1S/C14H18O4/c1-7(2)10-8-5-6-9(10)12(14(16)18-4)11(8)13(15)17-3/h8-9H,5-6H2,1-4H3. The zero-order valence-corrected chi connectivity index (χ0v) is 11.2. The maximum Gasteiger partial charge on any atom is 0.334 e. The van der Waals surface area contributed by atoms with Crippen molar-refractivity contribution in [3.05, 3.63) is 22.3 Å². The Morgan fingerprint density at radius 3 is 1.61 bits per heavy atom. The number of allylic oxidation sites excluding steroid dienone is 2. The van der Waals surface area contributed by atoms with Gasteiger partial charge in [-0.15, -0.1) is 0 Å². The molecule has 0 radical (unpaired) electrons. The molecule has 0 aliphatic heterocycles. The number of carbonyl (C=O) groups excluding carboxylic acids is 2. The van der Waals surface area contributed by atoms with Crippen molar-refractivity contribution < 1.29 is 19.1 Å². The lowest BCUT2D eigenvalue weighted by atomic mass is 9.92. The third-order valence-electron chi connectivity index (χ3n) is 3.87. The van der Waals surface area contributed by atoms with E-state index in [-0.39, 0.29) is 11.8 Å². The van der Waals surface area contributed by atoms with Gasteiger partial charge in [-0.3, -0.25) is 0 Å². The van der Waals surface area contributed by atoms with Crippen molar-refractivity contribution in [1.29, 1.82) is 0 Å². The van der Waals surface area contributed by atoms with Crippen LogP contribution in [-0.4, -0.2) is 26.2 Å². The molecule has 0 saturated heterocycles. The molecule has 1 saturated carbocycles. The average molecular weight is 250 g/mol. The van der Waals surface area contributed by atoms with Crippen molar-refractivity contribution in [2.24, 2.45) is 11.8 Å². The van der Waals surface area contributed by atoms with Crippen LogP contribution in [0.15, 0.2) is 22.3 Å². The molecule has 2 aliphatic carbocycles. The van der Waals surface area contributed by atoms with E-state index in [1.807, 2.05) is 13.8 Å². The van der Waals surface area contributed by atoms with Gasteiger partial charge in [-0.25, -0.2) is 9.59 Å². The maximum absolute atomic E-state index is 11.9. The van der Waals surface area contributed by atoms with Gasteiger partial charge in [0, 0.05) is 11.8 Å². The molecule has 0 aromatic heterocycles. The van der Waals surface area contributed by atoms with Crippen LogP contribution in [0.4, 0.5) is 0 Å². The predicted molar refractivity (Wildman–Crippen MR) is 65.6 cm³/mol. The summed E-state index contributed by atoms with van der Waals surface area (Å²) in [4.78, 5) is 23.8. The lowest BCUT2D eigenvalue weighted by Gasteiger charge is -2.15. The molecule has 1 fully saturated rings. The fourth-order valence-corrected chi connectivity index (χ4v) is 3.28. The molecule has 0 N–H and O–H groups in total. The summed E-state index contributed by atoms with van der Waals surface area (Å²) in [5.74, 6) is -0.717. The molecule has 2 unspecified atom stereocenters. The van der Waals surface area contributed by atoms with Crippen molar-refractivity contribution in [1.82, 2.24) is 0 Å². The Morgan fingerprint density at radius 1 is 0.944 bits per heavy atom. The molecule has 0 spiro atoms. The number of methoxy groups -OCH3 is 2. The molecule has 2 aliphatic rings. The Kier molecular flexibility index (Phi) is 3.28. The molecule has 18 heavy (non-hydrogen) atoms. The number of fused-ring (bicyclic) bond motifs is 2. The first kappa shape index (κ1) is 12.9. The molecule has 2 atom stereocenters. The summed E-state index contributed by atoms with van der Waals surface area (Å²) in [6, 6.07) is 0. The van der Waals surface area contributed by atoms with Crippen LogP contribution in [0.3, 0.4) is 0 Å². The average Bonchev–Trinajstić information content (AvgIpc) is 2.91. The highest BCUT2D eigenvalue weighted by molar-refractivity contribution is 6.04. The molecule has 0 aromatic carbocycles. The van der Waals surface area contributed by atoms with Gasteiger partial charge in [0.05, 0.1) is 25.4 Å². The minimum Gasteiger partial charge on any atom is -0.466 e. The molecular weight excluding hydrogens is 232 g/mol. The van der Waals surface area contributed by atoms with Crippen LogP contribution in [0.5, 0.6) is 0 Å². The number of rotatable bonds is 2. The Labute approximate surface area is 107 Å². The second-order valence-electron chi connectivity index (χ2n) is 4.95. The van der Waals surface area contributed by atoms with Gasteiger partial charge in [0.15, 0.2) is 0 Å². The van der Waals surface area contributed by atoms with Gasteiger partial charge >= 0.3 is 11.9 Å². The van der Waals surface area contributed by atoms with E-state index in [0.717, 1.165) is 12.8 Å². The number of hydrogen-bond acceptors (Lipinski definition) is 4. The second-order valence-corrected chi connectivity index (χ2v) is 4.95. The van der Waals surface area contributed by atoms with E-state index in [4.69, 9.17) is 9.47 Å². The molecule has 2 rings (SSSR count). The van der Waals surface area contributed by atoms with Gasteiger partial charge in [-0.05, 0) is 26.7 Å². The smallest absolute Gasteiger partial charge is 0.334 e. The summed E-state index contributed by atoms with van der Waals surface area (Å²) in [5, 5.41) is 0. The summed E-state index contributed by atoms with van der Waals surface area (Å²) >= 11 is 0. The second kappa shape index (κ2) is 4.59. The third kappa shape index (κ3) is 1.67. The summed E-state index contributed by atoms with van der Waals surface area (Å²) in [6.07, 6.45) is 1.83. The van der Waals surface area contributed by atoms with Crippen LogP contribution >= 0.6 is 0 Å². The Hall–Kier alpha value is -1.58. The van der Waals surface area contributed by atoms with Crippen LogP contribution in [0.1, 0.15) is 26.7 Å². The molecule has 0 aromatic rings. The lowest BCUT2D eigenvalue weighted by molar-refractivity contribution is -0.140. The van der Waals surface area contributed by atoms with Crippen LogP contribution < -0.4 is 0 Å². The molecule has 0 amide bonds. The van der Waals surface area contributed by atoms with Crippen LogP contribution in [-0.2, 0) is 19.1 Å². The largest absolute Gasteiger partial charge is 0.466 e. The normalized spacial score (nSPS) is 25.4. The first-order valence-electron chi connectivity index (χ1n) is 6.10. The zero-order chi connectivity index (χ0) is 13.4. The first-order valence-corrected chi connectivity index (χ1v) is 6.10. The van der Waals surface area contributed by atoms with Crippen molar-refractivity contribution in [3.8, 4) is 0 Å². The van der Waals surface area contributed by atoms with Gasteiger partial charge in [0.1, 0.15) is 0 Å². The van der Waals surface area contributed by atoms with Crippen molar-refractivity contribution in [2.45, 2.75) is 26.7 Å². The molecule has 98 valence electrons. The van der Waals surface area contributed by atoms with E-state index in [2.05, 4.69) is 0 Å². The maximum atomic E-state index is 11.9. The van der Waals surface area contributed by atoms with Crippen molar-refractivity contribution >= 4 is 11.9 Å². The third-order valence-corrected chi connectivity index (χ3v) is 3.87. The Morgan fingerprint density at radius 2 is 1.33 bits per heavy atom. The SMILES string of the molecule is COC(=O)C1=C(C(=O)OC)C2CCC1C2=C(C)C. The summed E-state index contributed by atoms with van der Waals surface area (Å²) in [7, 11) is 2.69. The minimum atomic E-state index is -0.402. The van der Waals surface area contributed by atoms with E-state index in [0.29, 0.717) is 11.1 Å². The van der Waals surface area contributed by atoms with Gasteiger partial charge in [-0.1, -0.05) is 11.1 Å². The molecular formula is C14H18O4. The number of carbonyl (C=O) groups is 2. The van der Waals surface area contributed by atoms with Crippen molar-refractivity contribution in [2.75, 3.05) is 14.2 Å². The number of ether oxygens (including phenoxy) is 2. The van der Waals surface area contributed by atoms with E-state index >= 15 is 0 Å². The highest BCUT2D eigenvalue weighted by atomic mass is 16.5. The molecule has 2 bridgehead atoms. The van der Waals surface area contributed by atoms with Crippen LogP contribution in [0.2, 0.25) is 0 Å². The van der Waals surface area contributed by atoms with Gasteiger partial charge < -0.3 is 9.47 Å². The molecule has 4 nitrogen and oxygen atoms in total. The molecule has 4 heteroatoms. The predicted octanol–water partition coefficient (Wildman–Crippen LogP) is 2.01. The Balaban J connectivity index is 2.55. The molecule has 0 heterocycles. The van der Waals surface area contributed by atoms with E-state index in [1.165, 1.54) is 25.4 Å². The van der Waals surface area contributed by atoms with Gasteiger partial charge in [0.25, 0.3) is 0 Å². The lowest BCUT2D eigenvalue weighted by Crippen LogP contribution is -2.19. The van der Waals surface area contributed by atoms with E-state index in [1.54, 1.807) is 0 Å². The highest BCUT2D eigenvalue weighted by Gasteiger charge is 2.49. The van der Waals surface area contributed by atoms with E-state index in [9.17, 15) is 9.59 Å². The van der Waals surface area contributed by atoms with E-state index < -0.39 is 11.9 Å². The topological polar surface area (TPSA) is 52.6 Å².